The van der Waals surface area contributed by atoms with Gasteiger partial charge in [-0.05, 0) is 65.2 Å². The van der Waals surface area contributed by atoms with Gasteiger partial charge in [-0.25, -0.2) is 0 Å². The summed E-state index contributed by atoms with van der Waals surface area (Å²) in [4.78, 5) is 11.8. The van der Waals surface area contributed by atoms with Crippen molar-refractivity contribution in [3.05, 3.63) is 145 Å². The quantitative estimate of drug-likeness (QED) is 0.155. The van der Waals surface area contributed by atoms with E-state index in [2.05, 4.69) is 127 Å². The lowest BCUT2D eigenvalue weighted by Gasteiger charge is -2.27. The molecule has 196 valence electrons. The normalized spacial score (nSPS) is 11.1. The van der Waals surface area contributed by atoms with Crippen LogP contribution in [0.25, 0.3) is 11.1 Å². The molecule has 0 radical (unpaired) electrons. The van der Waals surface area contributed by atoms with Gasteiger partial charge >= 0.3 is 5.97 Å². The Morgan fingerprint density at radius 2 is 0.923 bits per heavy atom. The molecule has 2 nitrogen and oxygen atoms in total. The molecular formula is C36H36O2P+. The van der Waals surface area contributed by atoms with Gasteiger partial charge in [0.15, 0.2) is 0 Å². The van der Waals surface area contributed by atoms with E-state index in [0.29, 0.717) is 6.61 Å². The summed E-state index contributed by atoms with van der Waals surface area (Å²) in [5.41, 5.74) is 3.28. The van der Waals surface area contributed by atoms with Crippen molar-refractivity contribution in [2.45, 2.75) is 27.9 Å². The molecule has 0 aliphatic heterocycles. The van der Waals surface area contributed by atoms with Crippen molar-refractivity contribution in [1.29, 1.82) is 0 Å². The third-order valence-electron chi connectivity index (χ3n) is 6.82. The fourth-order valence-corrected chi connectivity index (χ4v) is 9.08. The molecule has 5 aromatic carbocycles. The molecule has 0 aliphatic carbocycles. The fourth-order valence-electron chi connectivity index (χ4n) is 4.84. The first-order chi connectivity index (χ1) is 18.6. The van der Waals surface area contributed by atoms with Gasteiger partial charge in [0.2, 0.25) is 0 Å². The summed E-state index contributed by atoms with van der Waals surface area (Å²) in [6.07, 6.45) is 0. The summed E-state index contributed by atoms with van der Waals surface area (Å²) < 4.78 is 5.38. The predicted octanol–water partition coefficient (Wildman–Crippen LogP) is 7.31. The van der Waals surface area contributed by atoms with Crippen molar-refractivity contribution in [3.8, 4) is 11.1 Å². The summed E-state index contributed by atoms with van der Waals surface area (Å²) in [7, 11) is -2.10. The van der Waals surface area contributed by atoms with Crippen molar-refractivity contribution in [1.82, 2.24) is 0 Å². The third kappa shape index (κ3) is 5.87. The van der Waals surface area contributed by atoms with Crippen molar-refractivity contribution >= 4 is 34.4 Å². The molecule has 0 bridgehead atoms. The zero-order chi connectivity index (χ0) is 26.4. The summed E-state index contributed by atoms with van der Waals surface area (Å²) >= 11 is 0. The number of ether oxygens (including phenoxy) is 1. The highest BCUT2D eigenvalue weighted by molar-refractivity contribution is 8.01. The average Bonchev–Trinajstić information content (AvgIpc) is 2.98. The Morgan fingerprint density at radius 3 is 1.31 bits per heavy atom. The van der Waals surface area contributed by atoms with E-state index >= 15 is 0 Å². The molecule has 0 aliphatic rings. The molecule has 0 aromatic heterocycles. The number of carbonyl (C=O) groups is 1. The van der Waals surface area contributed by atoms with Crippen molar-refractivity contribution < 1.29 is 9.53 Å². The highest BCUT2D eigenvalue weighted by Gasteiger charge is 2.47. The van der Waals surface area contributed by atoms with Crippen LogP contribution in [0, 0.1) is 5.92 Å². The number of esters is 1. The van der Waals surface area contributed by atoms with Crippen LogP contribution in [0.15, 0.2) is 140 Å². The van der Waals surface area contributed by atoms with Crippen molar-refractivity contribution in [2.24, 2.45) is 5.92 Å². The minimum Gasteiger partial charge on any atom is -0.461 e. The van der Waals surface area contributed by atoms with E-state index in [4.69, 9.17) is 4.74 Å². The molecule has 0 heterocycles. The average molecular weight is 532 g/mol. The van der Waals surface area contributed by atoms with E-state index in [1.54, 1.807) is 0 Å². The van der Waals surface area contributed by atoms with E-state index in [0.717, 1.165) is 16.7 Å². The standard InChI is InChI=1S/C35H32O2P.CH4/c1-27(2)35(36)37-26-28-18-20-29(21-19-28)30-22-24-34(25-23-30)38(31-12-6-3-7-13-31,32-14-8-4-9-15-32)33-16-10-5-11-17-33;/h3-25,27H,26H2,1-2H3;1H4/q+1;. The lowest BCUT2D eigenvalue weighted by Crippen LogP contribution is -2.38. The summed E-state index contributed by atoms with van der Waals surface area (Å²) in [5, 5.41) is 5.34. The molecule has 39 heavy (non-hydrogen) atoms. The molecule has 3 heteroatoms. The van der Waals surface area contributed by atoms with Gasteiger partial charge in [-0.2, -0.15) is 0 Å². The number of hydrogen-bond donors (Lipinski definition) is 0. The molecule has 0 spiro atoms. The molecule has 0 N–H and O–H groups in total. The fraction of sp³-hybridized carbons (Fsp3) is 0.139. The van der Waals surface area contributed by atoms with Crippen LogP contribution < -0.4 is 21.2 Å². The maximum absolute atomic E-state index is 11.8. The summed E-state index contributed by atoms with van der Waals surface area (Å²) in [6.45, 7) is 3.99. The number of benzene rings is 5. The Bertz CT molecular complexity index is 1360. The van der Waals surface area contributed by atoms with Gasteiger partial charge in [-0.1, -0.05) is 112 Å². The van der Waals surface area contributed by atoms with Crippen LogP contribution >= 0.6 is 7.26 Å². The Labute approximate surface area is 233 Å². The van der Waals surface area contributed by atoms with Crippen LogP contribution in [0.4, 0.5) is 0 Å². The molecular weight excluding hydrogens is 495 g/mol. The lowest BCUT2D eigenvalue weighted by atomic mass is 10.0. The molecule has 0 unspecified atom stereocenters. The molecule has 0 amide bonds. The van der Waals surface area contributed by atoms with Gasteiger partial charge in [0.1, 0.15) is 35.1 Å². The third-order valence-corrected chi connectivity index (χ3v) is 11.1. The van der Waals surface area contributed by atoms with Gasteiger partial charge in [0.05, 0.1) is 5.92 Å². The predicted molar refractivity (Wildman–Crippen MR) is 168 cm³/mol. The summed E-state index contributed by atoms with van der Waals surface area (Å²) in [6, 6.07) is 50.1. The molecule has 5 aromatic rings. The molecule has 0 fully saturated rings. The van der Waals surface area contributed by atoms with Gasteiger partial charge in [0.25, 0.3) is 0 Å². The van der Waals surface area contributed by atoms with E-state index in [1.807, 2.05) is 26.0 Å². The first-order valence-corrected chi connectivity index (χ1v) is 14.8. The molecule has 5 rings (SSSR count). The maximum Gasteiger partial charge on any atom is 0.308 e. The summed E-state index contributed by atoms with van der Waals surface area (Å²) in [5.74, 6) is -0.294. The Kier molecular flexibility index (Phi) is 9.12. The zero-order valence-electron chi connectivity index (χ0n) is 21.8. The van der Waals surface area contributed by atoms with Crippen LogP contribution in [-0.2, 0) is 16.1 Å². The van der Waals surface area contributed by atoms with Gasteiger partial charge in [-0.3, -0.25) is 4.79 Å². The van der Waals surface area contributed by atoms with E-state index in [-0.39, 0.29) is 19.3 Å². The maximum atomic E-state index is 11.8. The molecule has 0 saturated heterocycles. The second kappa shape index (κ2) is 12.7. The number of rotatable bonds is 8. The first-order valence-electron chi connectivity index (χ1n) is 13.0. The highest BCUT2D eigenvalue weighted by Crippen LogP contribution is 2.54. The highest BCUT2D eigenvalue weighted by atomic mass is 31.2. The van der Waals surface area contributed by atoms with E-state index in [9.17, 15) is 4.79 Å². The Balaban J connectivity index is 0.00000353. The van der Waals surface area contributed by atoms with Gasteiger partial charge < -0.3 is 4.74 Å². The van der Waals surface area contributed by atoms with Crippen LogP contribution in [0.2, 0.25) is 0 Å². The lowest BCUT2D eigenvalue weighted by molar-refractivity contribution is -0.148. The van der Waals surface area contributed by atoms with Crippen molar-refractivity contribution in [2.75, 3.05) is 0 Å². The second-order valence-electron chi connectivity index (χ2n) is 9.68. The van der Waals surface area contributed by atoms with E-state index in [1.165, 1.54) is 21.2 Å². The van der Waals surface area contributed by atoms with Crippen LogP contribution in [0.3, 0.4) is 0 Å². The minimum atomic E-state index is -2.10. The molecule has 0 atom stereocenters. The monoisotopic (exact) mass is 531 g/mol. The van der Waals surface area contributed by atoms with Crippen LogP contribution in [-0.4, -0.2) is 5.97 Å². The number of carbonyl (C=O) groups excluding carboxylic acids is 1. The second-order valence-corrected chi connectivity index (χ2v) is 13.1. The van der Waals surface area contributed by atoms with E-state index < -0.39 is 7.26 Å². The SMILES string of the molecule is C.CC(C)C(=O)OCc1ccc(-c2ccc([P+](c3ccccc3)(c3ccccc3)c3ccccc3)cc2)cc1. The topological polar surface area (TPSA) is 26.3 Å². The van der Waals surface area contributed by atoms with Crippen molar-refractivity contribution in [3.63, 3.8) is 0 Å². The number of hydrogen-bond acceptors (Lipinski definition) is 2. The van der Waals surface area contributed by atoms with Gasteiger partial charge in [-0.15, -0.1) is 0 Å². The zero-order valence-corrected chi connectivity index (χ0v) is 22.7. The van der Waals surface area contributed by atoms with Crippen LogP contribution in [0.5, 0.6) is 0 Å². The first kappa shape index (κ1) is 28.0. The molecule has 0 saturated carbocycles. The Morgan fingerprint density at radius 1 is 0.564 bits per heavy atom. The Hall–Kier alpha value is -4.00. The minimum absolute atomic E-state index is 0. The van der Waals surface area contributed by atoms with Gasteiger partial charge in [0, 0.05) is 0 Å². The van der Waals surface area contributed by atoms with Crippen LogP contribution in [0.1, 0.15) is 26.8 Å². The largest absolute Gasteiger partial charge is 0.461 e. The smallest absolute Gasteiger partial charge is 0.308 e.